The van der Waals surface area contributed by atoms with Crippen LogP contribution in [-0.4, -0.2) is 35.4 Å². The van der Waals surface area contributed by atoms with Crippen molar-refractivity contribution < 1.29 is 4.74 Å². The summed E-state index contributed by atoms with van der Waals surface area (Å²) in [6.45, 7) is 0.939. The van der Waals surface area contributed by atoms with Crippen molar-refractivity contribution >= 4 is 0 Å². The van der Waals surface area contributed by atoms with Gasteiger partial charge in [-0.3, -0.25) is 0 Å². The smallest absolute Gasteiger partial charge is 0.203 e. The quantitative estimate of drug-likeness (QED) is 0.683. The van der Waals surface area contributed by atoms with Crippen LogP contribution >= 0.6 is 0 Å². The summed E-state index contributed by atoms with van der Waals surface area (Å²) in [7, 11) is 1.78. The Balaban J connectivity index is 1.57. The van der Waals surface area contributed by atoms with E-state index in [0.717, 1.165) is 16.8 Å². The lowest BCUT2D eigenvalue weighted by molar-refractivity contribution is 0.104. The molecule has 0 fully saturated rings. The lowest BCUT2D eigenvalue weighted by atomic mass is 10.1. The topological polar surface area (TPSA) is 91.5 Å². The molecule has 8 heteroatoms. The summed E-state index contributed by atoms with van der Waals surface area (Å²) in [5.74, 6) is 0.504. The monoisotopic (exact) mass is 283 g/mol. The lowest BCUT2D eigenvalue weighted by Gasteiger charge is -2.03. The summed E-state index contributed by atoms with van der Waals surface area (Å²) in [4.78, 5) is 1.51. The molecule has 2 aromatic heterocycles. The average Bonchev–Trinajstić information content (AvgIpc) is 2.94. The first-order valence-corrected chi connectivity index (χ1v) is 6.34. The van der Waals surface area contributed by atoms with Gasteiger partial charge in [0.25, 0.3) is 0 Å². The number of nitrogens with zero attached hydrogens (tertiary/aromatic N) is 7. The molecule has 0 saturated heterocycles. The van der Waals surface area contributed by atoms with Gasteiger partial charge in [0.1, 0.15) is 5.69 Å². The van der Waals surface area contributed by atoms with E-state index < -0.39 is 0 Å². The van der Waals surface area contributed by atoms with Crippen LogP contribution in [0.25, 0.3) is 11.4 Å². The van der Waals surface area contributed by atoms with Gasteiger partial charge in [0, 0.05) is 12.6 Å². The van der Waals surface area contributed by atoms with Crippen molar-refractivity contribution in [1.29, 1.82) is 0 Å². The maximum absolute atomic E-state index is 5.59. The van der Waals surface area contributed by atoms with Gasteiger partial charge < -0.3 is 4.74 Å². The summed E-state index contributed by atoms with van der Waals surface area (Å²) in [5, 5.41) is 23.4. The van der Waals surface area contributed by atoms with E-state index in [1.165, 1.54) is 11.1 Å². The fourth-order valence-corrected chi connectivity index (χ4v) is 1.80. The molecule has 8 nitrogen and oxygen atoms in total. The number of ether oxygens (including phenoxy) is 1. The zero-order valence-corrected chi connectivity index (χ0v) is 11.4. The Bertz CT molecular complexity index is 696. The molecule has 106 valence electrons. The van der Waals surface area contributed by atoms with Gasteiger partial charge in [0.2, 0.25) is 5.82 Å². The van der Waals surface area contributed by atoms with Crippen LogP contribution in [0.15, 0.2) is 36.8 Å². The third kappa shape index (κ3) is 3.42. The highest BCUT2D eigenvalue weighted by molar-refractivity contribution is 5.53. The van der Waals surface area contributed by atoms with E-state index in [2.05, 4.69) is 30.6 Å². The van der Waals surface area contributed by atoms with Crippen molar-refractivity contribution in [2.75, 3.05) is 0 Å². The largest absolute Gasteiger partial charge is 0.370 e. The zero-order valence-electron chi connectivity index (χ0n) is 11.4. The van der Waals surface area contributed by atoms with Crippen molar-refractivity contribution in [3.05, 3.63) is 48.0 Å². The Labute approximate surface area is 120 Å². The van der Waals surface area contributed by atoms with Gasteiger partial charge in [0.15, 0.2) is 6.33 Å². The van der Waals surface area contributed by atoms with E-state index >= 15 is 0 Å². The Kier molecular flexibility index (Phi) is 3.88. The molecule has 0 amide bonds. The highest BCUT2D eigenvalue weighted by Gasteiger charge is 2.03. The van der Waals surface area contributed by atoms with Crippen LogP contribution in [0.4, 0.5) is 0 Å². The molecule has 3 rings (SSSR count). The number of hydrogen-bond donors (Lipinski definition) is 0. The summed E-state index contributed by atoms with van der Waals surface area (Å²) in [6.07, 6.45) is 2.99. The fourth-order valence-electron chi connectivity index (χ4n) is 1.80. The van der Waals surface area contributed by atoms with Crippen molar-refractivity contribution in [3.63, 3.8) is 0 Å². The minimum atomic E-state index is 0.436. The van der Waals surface area contributed by atoms with Crippen molar-refractivity contribution in [3.8, 4) is 11.4 Å². The van der Waals surface area contributed by atoms with Crippen molar-refractivity contribution in [2.24, 2.45) is 7.05 Å². The third-order valence-corrected chi connectivity index (χ3v) is 2.79. The molecule has 0 aliphatic heterocycles. The Morgan fingerprint density at radius 1 is 1.05 bits per heavy atom. The van der Waals surface area contributed by atoms with Gasteiger partial charge >= 0.3 is 0 Å². The molecule has 0 saturated carbocycles. The van der Waals surface area contributed by atoms with Gasteiger partial charge in [-0.1, -0.05) is 24.3 Å². The summed E-state index contributed by atoms with van der Waals surface area (Å²) < 4.78 is 5.59. The zero-order chi connectivity index (χ0) is 14.5. The molecular weight excluding hydrogens is 270 g/mol. The first kappa shape index (κ1) is 13.3. The number of benzene rings is 1. The molecule has 3 aromatic rings. The van der Waals surface area contributed by atoms with Gasteiger partial charge in [0.05, 0.1) is 19.4 Å². The van der Waals surface area contributed by atoms with Crippen LogP contribution in [0.1, 0.15) is 11.3 Å². The molecule has 2 heterocycles. The van der Waals surface area contributed by atoms with Crippen LogP contribution in [-0.2, 0) is 25.0 Å². The van der Waals surface area contributed by atoms with E-state index in [-0.39, 0.29) is 0 Å². The van der Waals surface area contributed by atoms with Crippen LogP contribution in [0.2, 0.25) is 0 Å². The van der Waals surface area contributed by atoms with Crippen LogP contribution in [0.3, 0.4) is 0 Å². The maximum atomic E-state index is 5.59. The second kappa shape index (κ2) is 6.14. The van der Waals surface area contributed by atoms with E-state index in [1.54, 1.807) is 13.2 Å². The molecule has 0 bridgehead atoms. The molecule has 0 spiro atoms. The fraction of sp³-hybridized carbons (Fsp3) is 0.231. The molecule has 0 unspecified atom stereocenters. The minimum absolute atomic E-state index is 0.436. The van der Waals surface area contributed by atoms with Crippen LogP contribution in [0, 0.1) is 0 Å². The van der Waals surface area contributed by atoms with Crippen LogP contribution < -0.4 is 0 Å². The number of rotatable bonds is 5. The standard InChI is InChI=1S/C13H13N7O/c1-20-16-6-12(19-20)8-21-7-10-2-4-11(5-3-10)13-17-14-9-15-18-13/h2-6,9H,7-8H2,1H3. The van der Waals surface area contributed by atoms with E-state index in [4.69, 9.17) is 4.74 Å². The molecule has 0 aliphatic carbocycles. The first-order chi connectivity index (χ1) is 10.3. The van der Waals surface area contributed by atoms with Gasteiger partial charge in [-0.2, -0.15) is 15.0 Å². The Morgan fingerprint density at radius 3 is 2.48 bits per heavy atom. The van der Waals surface area contributed by atoms with Gasteiger partial charge in [-0.25, -0.2) is 0 Å². The lowest BCUT2D eigenvalue weighted by Crippen LogP contribution is -1.97. The van der Waals surface area contributed by atoms with Crippen molar-refractivity contribution in [2.45, 2.75) is 13.2 Å². The Hall–Kier alpha value is -2.74. The molecule has 21 heavy (non-hydrogen) atoms. The predicted molar refractivity (Wildman–Crippen MR) is 72.6 cm³/mol. The van der Waals surface area contributed by atoms with E-state index in [0.29, 0.717) is 19.0 Å². The Morgan fingerprint density at radius 2 is 1.81 bits per heavy atom. The van der Waals surface area contributed by atoms with Gasteiger partial charge in [-0.05, 0) is 5.56 Å². The van der Waals surface area contributed by atoms with E-state index in [1.807, 2.05) is 24.3 Å². The molecule has 0 atom stereocenters. The maximum Gasteiger partial charge on any atom is 0.203 e. The summed E-state index contributed by atoms with van der Waals surface area (Å²) >= 11 is 0. The molecular formula is C13H13N7O. The normalized spacial score (nSPS) is 10.7. The third-order valence-electron chi connectivity index (χ3n) is 2.79. The molecule has 0 aliphatic rings. The summed E-state index contributed by atoms with van der Waals surface area (Å²) in [6, 6.07) is 7.75. The highest BCUT2D eigenvalue weighted by atomic mass is 16.5. The number of aryl methyl sites for hydroxylation is 1. The van der Waals surface area contributed by atoms with Crippen molar-refractivity contribution in [1.82, 2.24) is 35.4 Å². The second-order valence-corrected chi connectivity index (χ2v) is 4.39. The molecule has 0 radical (unpaired) electrons. The molecule has 0 N–H and O–H groups in total. The average molecular weight is 283 g/mol. The van der Waals surface area contributed by atoms with Gasteiger partial charge in [-0.15, -0.1) is 20.4 Å². The molecule has 1 aromatic carbocycles. The first-order valence-electron chi connectivity index (χ1n) is 6.34. The minimum Gasteiger partial charge on any atom is -0.370 e. The van der Waals surface area contributed by atoms with E-state index in [9.17, 15) is 0 Å². The predicted octanol–water partition coefficient (Wildman–Crippen LogP) is 0.779. The number of aromatic nitrogens is 7. The highest BCUT2D eigenvalue weighted by Crippen LogP contribution is 2.14. The number of hydrogen-bond acceptors (Lipinski definition) is 7. The second-order valence-electron chi connectivity index (χ2n) is 4.39. The summed E-state index contributed by atoms with van der Waals surface area (Å²) in [5.41, 5.74) is 2.73. The van der Waals surface area contributed by atoms with Crippen LogP contribution in [0.5, 0.6) is 0 Å². The SMILES string of the molecule is Cn1ncc(COCc2ccc(-c3nncnn3)cc2)n1.